The third kappa shape index (κ3) is 6.30. The molecule has 0 aromatic rings. The molecule has 0 fully saturated rings. The molecule has 0 aliphatic heterocycles. The minimum atomic E-state index is -4.64. The molecular formula is C9H10BrF3O4. The first-order valence-electron chi connectivity index (χ1n) is 4.35. The molecule has 0 spiro atoms. The first kappa shape index (κ1) is 16.0. The Bertz CT molecular complexity index is 314. The number of ether oxygens (including phenoxy) is 2. The van der Waals surface area contributed by atoms with E-state index in [-0.39, 0.29) is 10.9 Å². The first-order chi connectivity index (χ1) is 7.68. The van der Waals surface area contributed by atoms with Gasteiger partial charge in [0.05, 0.1) is 0 Å². The van der Waals surface area contributed by atoms with Gasteiger partial charge in [0, 0.05) is 10.9 Å². The Morgan fingerprint density at radius 3 is 2.35 bits per heavy atom. The molecule has 0 N–H and O–H groups in total. The summed E-state index contributed by atoms with van der Waals surface area (Å²) in [5.74, 6) is -2.15. The second kappa shape index (κ2) is 6.63. The summed E-state index contributed by atoms with van der Waals surface area (Å²) >= 11 is 2.92. The largest absolute Gasteiger partial charge is 0.450 e. The highest BCUT2D eigenvalue weighted by Crippen LogP contribution is 2.22. The van der Waals surface area contributed by atoms with Gasteiger partial charge in [0.1, 0.15) is 0 Å². The predicted molar refractivity (Wildman–Crippen MR) is 55.5 cm³/mol. The summed E-state index contributed by atoms with van der Waals surface area (Å²) in [6.45, 7) is 3.09. The van der Waals surface area contributed by atoms with Crippen LogP contribution >= 0.6 is 15.9 Å². The van der Waals surface area contributed by atoms with Crippen LogP contribution in [0.5, 0.6) is 0 Å². The van der Waals surface area contributed by atoms with Gasteiger partial charge >= 0.3 is 18.1 Å². The van der Waals surface area contributed by atoms with E-state index in [0.717, 1.165) is 0 Å². The van der Waals surface area contributed by atoms with Crippen molar-refractivity contribution in [1.29, 1.82) is 0 Å². The summed E-state index contributed by atoms with van der Waals surface area (Å²) in [6, 6.07) is 0. The van der Waals surface area contributed by atoms with E-state index in [1.165, 1.54) is 0 Å². The number of rotatable bonds is 5. The lowest BCUT2D eigenvalue weighted by atomic mass is 10.4. The molecule has 0 saturated heterocycles. The van der Waals surface area contributed by atoms with Crippen LogP contribution in [0.25, 0.3) is 0 Å². The third-order valence-corrected chi connectivity index (χ3v) is 2.22. The fourth-order valence-corrected chi connectivity index (χ4v) is 0.808. The molecule has 17 heavy (non-hydrogen) atoms. The van der Waals surface area contributed by atoms with E-state index < -0.39 is 30.8 Å². The third-order valence-electron chi connectivity index (χ3n) is 1.54. The number of hydrogen-bond acceptors (Lipinski definition) is 4. The highest BCUT2D eigenvalue weighted by atomic mass is 79.9. The maximum absolute atomic E-state index is 12.0. The van der Waals surface area contributed by atoms with Crippen molar-refractivity contribution < 1.29 is 32.2 Å². The minimum absolute atomic E-state index is 0.0432. The van der Waals surface area contributed by atoms with Gasteiger partial charge in [-0.25, -0.2) is 9.59 Å². The van der Waals surface area contributed by atoms with Gasteiger partial charge in [-0.2, -0.15) is 13.2 Å². The zero-order chi connectivity index (χ0) is 13.6. The Morgan fingerprint density at radius 1 is 1.41 bits per heavy atom. The van der Waals surface area contributed by atoms with Crippen LogP contribution < -0.4 is 0 Å². The molecule has 0 amide bonds. The van der Waals surface area contributed by atoms with Gasteiger partial charge < -0.3 is 9.47 Å². The van der Waals surface area contributed by atoms with Gasteiger partial charge in [-0.15, -0.1) is 0 Å². The highest BCUT2D eigenvalue weighted by molar-refractivity contribution is 9.09. The zero-order valence-corrected chi connectivity index (χ0v) is 10.4. The SMILES string of the molecule is C=C(CBr)C(=O)OCC(=O)OC(C)C(F)(F)F. The standard InChI is InChI=1S/C9H10BrF3O4/c1-5(3-10)8(15)16-4-7(14)17-6(2)9(11,12)13/h6H,1,3-4H2,2H3. The molecule has 0 aromatic heterocycles. The number of hydrogen-bond donors (Lipinski definition) is 0. The molecule has 1 atom stereocenters. The van der Waals surface area contributed by atoms with Gasteiger partial charge in [-0.3, -0.25) is 0 Å². The Labute approximate surface area is 104 Å². The van der Waals surface area contributed by atoms with E-state index in [1.807, 2.05) is 0 Å². The van der Waals surface area contributed by atoms with Crippen LogP contribution in [-0.4, -0.2) is 36.2 Å². The molecule has 0 bridgehead atoms. The molecule has 4 nitrogen and oxygen atoms in total. The molecule has 0 saturated carbocycles. The topological polar surface area (TPSA) is 52.6 Å². The fraction of sp³-hybridized carbons (Fsp3) is 0.556. The maximum atomic E-state index is 12.0. The summed E-state index contributed by atoms with van der Waals surface area (Å²) < 4.78 is 44.3. The van der Waals surface area contributed by atoms with Crippen molar-refractivity contribution >= 4 is 27.9 Å². The Morgan fingerprint density at radius 2 is 1.94 bits per heavy atom. The summed E-state index contributed by atoms with van der Waals surface area (Å²) in [6.07, 6.45) is -6.88. The molecule has 0 heterocycles. The maximum Gasteiger partial charge on any atom is 0.425 e. The van der Waals surface area contributed by atoms with Crippen LogP contribution in [0.3, 0.4) is 0 Å². The summed E-state index contributed by atoms with van der Waals surface area (Å²) in [5, 5.41) is 0.139. The van der Waals surface area contributed by atoms with Crippen LogP contribution in [0, 0.1) is 0 Å². The Hall–Kier alpha value is -1.05. The van der Waals surface area contributed by atoms with E-state index in [1.54, 1.807) is 0 Å². The second-order valence-corrected chi connectivity index (χ2v) is 3.55. The van der Waals surface area contributed by atoms with Crippen molar-refractivity contribution in [3.8, 4) is 0 Å². The van der Waals surface area contributed by atoms with Crippen molar-refractivity contribution in [1.82, 2.24) is 0 Å². The summed E-state index contributed by atoms with van der Waals surface area (Å²) in [4.78, 5) is 21.9. The number of carbonyl (C=O) groups is 2. The lowest BCUT2D eigenvalue weighted by molar-refractivity contribution is -0.218. The van der Waals surface area contributed by atoms with Gasteiger partial charge in [0.2, 0.25) is 0 Å². The monoisotopic (exact) mass is 318 g/mol. The average Bonchev–Trinajstić information content (AvgIpc) is 2.23. The van der Waals surface area contributed by atoms with E-state index >= 15 is 0 Å². The number of halogens is 4. The first-order valence-corrected chi connectivity index (χ1v) is 5.47. The van der Waals surface area contributed by atoms with E-state index in [9.17, 15) is 22.8 Å². The zero-order valence-electron chi connectivity index (χ0n) is 8.84. The van der Waals surface area contributed by atoms with E-state index in [4.69, 9.17) is 0 Å². The van der Waals surface area contributed by atoms with Crippen LogP contribution in [0.1, 0.15) is 6.92 Å². The van der Waals surface area contributed by atoms with Crippen LogP contribution in [-0.2, 0) is 19.1 Å². The van der Waals surface area contributed by atoms with Crippen LogP contribution in [0.15, 0.2) is 12.2 Å². The molecular weight excluding hydrogens is 309 g/mol. The molecule has 0 radical (unpaired) electrons. The highest BCUT2D eigenvalue weighted by Gasteiger charge is 2.39. The van der Waals surface area contributed by atoms with Crippen molar-refractivity contribution in [2.24, 2.45) is 0 Å². The van der Waals surface area contributed by atoms with E-state index in [0.29, 0.717) is 6.92 Å². The second-order valence-electron chi connectivity index (χ2n) is 2.99. The van der Waals surface area contributed by atoms with Gasteiger partial charge in [-0.05, 0) is 6.92 Å². The Kier molecular flexibility index (Phi) is 6.22. The molecule has 1 unspecified atom stereocenters. The molecule has 8 heteroatoms. The van der Waals surface area contributed by atoms with Crippen LogP contribution in [0.4, 0.5) is 13.2 Å². The normalized spacial score (nSPS) is 12.8. The lowest BCUT2D eigenvalue weighted by Crippen LogP contribution is -2.32. The molecule has 0 aliphatic rings. The number of carbonyl (C=O) groups excluding carboxylic acids is 2. The molecule has 0 aliphatic carbocycles. The minimum Gasteiger partial charge on any atom is -0.450 e. The fourth-order valence-electron chi connectivity index (χ4n) is 0.579. The molecule has 98 valence electrons. The summed E-state index contributed by atoms with van der Waals surface area (Å²) in [5.41, 5.74) is 0.0432. The number of alkyl halides is 4. The van der Waals surface area contributed by atoms with Crippen molar-refractivity contribution in [3.05, 3.63) is 12.2 Å². The quantitative estimate of drug-likeness (QED) is 0.442. The van der Waals surface area contributed by atoms with Crippen LogP contribution in [0.2, 0.25) is 0 Å². The van der Waals surface area contributed by atoms with Crippen molar-refractivity contribution in [3.63, 3.8) is 0 Å². The smallest absolute Gasteiger partial charge is 0.425 e. The van der Waals surface area contributed by atoms with Gasteiger partial charge in [0.25, 0.3) is 0 Å². The van der Waals surface area contributed by atoms with Crippen molar-refractivity contribution in [2.75, 3.05) is 11.9 Å². The predicted octanol–water partition coefficient (Wildman–Crippen LogP) is 1.97. The lowest BCUT2D eigenvalue weighted by Gasteiger charge is -2.16. The molecule has 0 aromatic carbocycles. The van der Waals surface area contributed by atoms with Crippen molar-refractivity contribution in [2.45, 2.75) is 19.2 Å². The van der Waals surface area contributed by atoms with E-state index in [2.05, 4.69) is 32.0 Å². The Balaban J connectivity index is 4.05. The number of esters is 2. The summed E-state index contributed by atoms with van der Waals surface area (Å²) in [7, 11) is 0. The van der Waals surface area contributed by atoms with Gasteiger partial charge in [0.15, 0.2) is 12.7 Å². The molecule has 0 rings (SSSR count). The average molecular weight is 319 g/mol. The van der Waals surface area contributed by atoms with Gasteiger partial charge in [-0.1, -0.05) is 22.5 Å².